The summed E-state index contributed by atoms with van der Waals surface area (Å²) < 4.78 is 5.21. The quantitative estimate of drug-likeness (QED) is 0.887. The first kappa shape index (κ1) is 13.7. The van der Waals surface area contributed by atoms with Gasteiger partial charge in [0.15, 0.2) is 0 Å². The third-order valence-electron chi connectivity index (χ3n) is 2.97. The van der Waals surface area contributed by atoms with E-state index in [4.69, 9.17) is 16.3 Å². The highest BCUT2D eigenvalue weighted by Gasteiger charge is 2.12. The summed E-state index contributed by atoms with van der Waals surface area (Å²) in [5, 5.41) is 5.14. The van der Waals surface area contributed by atoms with Crippen LogP contribution in [0.4, 0.5) is 4.79 Å². The Morgan fingerprint density at radius 2 is 2.05 bits per heavy atom. The van der Waals surface area contributed by atoms with E-state index in [0.29, 0.717) is 10.8 Å². The molecule has 2 aromatic rings. The van der Waals surface area contributed by atoms with Crippen molar-refractivity contribution in [3.8, 4) is 5.75 Å². The second-order valence-corrected chi connectivity index (χ2v) is 5.05. The number of benzene rings is 2. The molecule has 100 valence electrons. The number of rotatable bonds is 2. The molecule has 1 amide bonds. The van der Waals surface area contributed by atoms with E-state index in [0.717, 1.165) is 16.3 Å². The van der Waals surface area contributed by atoms with Crippen LogP contribution in [-0.2, 0) is 0 Å². The summed E-state index contributed by atoms with van der Waals surface area (Å²) in [6.45, 7) is 4.17. The number of carbonyl (C=O) groups is 1. The Labute approximate surface area is 117 Å². The molecular weight excluding hydrogens is 262 g/mol. The number of hydrogen-bond acceptors (Lipinski definition) is 2. The molecule has 0 saturated heterocycles. The Morgan fingerprint density at radius 3 is 2.68 bits per heavy atom. The van der Waals surface area contributed by atoms with Gasteiger partial charge in [-0.2, -0.15) is 0 Å². The zero-order valence-electron chi connectivity index (χ0n) is 11.2. The van der Waals surface area contributed by atoms with E-state index in [9.17, 15) is 4.79 Å². The van der Waals surface area contributed by atoms with Crippen LogP contribution in [0.25, 0.3) is 10.8 Å². The van der Waals surface area contributed by atoms with Gasteiger partial charge in [0.1, 0.15) is 5.75 Å². The normalized spacial score (nSPS) is 10.8. The van der Waals surface area contributed by atoms with Crippen molar-refractivity contribution in [2.45, 2.75) is 19.8 Å². The van der Waals surface area contributed by atoms with Crippen molar-refractivity contribution in [2.75, 3.05) is 7.05 Å². The fourth-order valence-electron chi connectivity index (χ4n) is 2.06. The van der Waals surface area contributed by atoms with Gasteiger partial charge in [0.2, 0.25) is 0 Å². The summed E-state index contributed by atoms with van der Waals surface area (Å²) in [5.74, 6) is 0.813. The first-order chi connectivity index (χ1) is 9.02. The van der Waals surface area contributed by atoms with E-state index in [-0.39, 0.29) is 5.92 Å². The van der Waals surface area contributed by atoms with Gasteiger partial charge in [-0.15, -0.1) is 0 Å². The Balaban J connectivity index is 2.62. The van der Waals surface area contributed by atoms with E-state index in [1.165, 1.54) is 7.05 Å². The molecule has 0 bridgehead atoms. The number of halogens is 1. The second-order valence-electron chi connectivity index (χ2n) is 4.64. The van der Waals surface area contributed by atoms with Crippen LogP contribution in [0.3, 0.4) is 0 Å². The second kappa shape index (κ2) is 5.49. The minimum absolute atomic E-state index is 0.288. The molecule has 0 atom stereocenters. The Morgan fingerprint density at radius 1 is 1.32 bits per heavy atom. The molecule has 2 aromatic carbocycles. The van der Waals surface area contributed by atoms with Gasteiger partial charge in [0.05, 0.1) is 0 Å². The van der Waals surface area contributed by atoms with Crippen molar-refractivity contribution in [1.82, 2.24) is 5.32 Å². The molecule has 0 unspecified atom stereocenters. The van der Waals surface area contributed by atoms with Crippen molar-refractivity contribution in [2.24, 2.45) is 0 Å². The van der Waals surface area contributed by atoms with E-state index in [2.05, 4.69) is 19.2 Å². The molecule has 0 fully saturated rings. The number of fused-ring (bicyclic) bond motifs is 1. The summed E-state index contributed by atoms with van der Waals surface area (Å²) >= 11 is 6.27. The van der Waals surface area contributed by atoms with Gasteiger partial charge < -0.3 is 10.1 Å². The lowest BCUT2D eigenvalue weighted by molar-refractivity contribution is 0.203. The summed E-state index contributed by atoms with van der Waals surface area (Å²) in [6, 6.07) is 9.41. The lowest BCUT2D eigenvalue weighted by Crippen LogP contribution is -2.22. The van der Waals surface area contributed by atoms with Gasteiger partial charge in [-0.25, -0.2) is 4.79 Å². The van der Waals surface area contributed by atoms with E-state index >= 15 is 0 Å². The number of amides is 1. The summed E-state index contributed by atoms with van der Waals surface area (Å²) in [6.07, 6.45) is -0.476. The molecule has 1 N–H and O–H groups in total. The highest BCUT2D eigenvalue weighted by molar-refractivity contribution is 6.35. The zero-order valence-corrected chi connectivity index (χ0v) is 11.9. The number of hydrogen-bond donors (Lipinski definition) is 1. The molecular formula is C15H16ClNO2. The van der Waals surface area contributed by atoms with Gasteiger partial charge in [-0.05, 0) is 35.1 Å². The van der Waals surface area contributed by atoms with Crippen LogP contribution in [0, 0.1) is 0 Å². The molecule has 19 heavy (non-hydrogen) atoms. The predicted octanol–water partition coefficient (Wildman–Crippen LogP) is 4.33. The first-order valence-corrected chi connectivity index (χ1v) is 6.52. The van der Waals surface area contributed by atoms with Crippen LogP contribution in [0.1, 0.15) is 25.3 Å². The molecule has 0 radical (unpaired) electrons. The summed E-state index contributed by atoms with van der Waals surface area (Å²) in [7, 11) is 1.53. The average Bonchev–Trinajstić information content (AvgIpc) is 2.37. The molecule has 0 aliphatic carbocycles. The monoisotopic (exact) mass is 277 g/mol. The maximum atomic E-state index is 11.3. The number of carbonyl (C=O) groups excluding carboxylic acids is 1. The lowest BCUT2D eigenvalue weighted by Gasteiger charge is -2.14. The van der Waals surface area contributed by atoms with Crippen molar-refractivity contribution < 1.29 is 9.53 Å². The van der Waals surface area contributed by atoms with Crippen LogP contribution < -0.4 is 10.1 Å². The van der Waals surface area contributed by atoms with E-state index in [1.54, 1.807) is 0 Å². The van der Waals surface area contributed by atoms with Crippen molar-refractivity contribution in [3.05, 3.63) is 40.9 Å². The standard InChI is InChI=1S/C15H16ClNO2/c1-9(2)12-8-11(19-15(18)17-3)7-10-5-4-6-13(16)14(10)12/h4-9H,1-3H3,(H,17,18). The SMILES string of the molecule is CNC(=O)Oc1cc(C(C)C)c2c(Cl)cccc2c1. The maximum absolute atomic E-state index is 11.3. The molecule has 0 aliphatic rings. The maximum Gasteiger partial charge on any atom is 0.412 e. The highest BCUT2D eigenvalue weighted by Crippen LogP contribution is 2.34. The van der Waals surface area contributed by atoms with E-state index in [1.807, 2.05) is 30.3 Å². The van der Waals surface area contributed by atoms with Gasteiger partial charge >= 0.3 is 6.09 Å². The molecule has 0 saturated carbocycles. The number of nitrogens with one attached hydrogen (secondary N) is 1. The van der Waals surface area contributed by atoms with Crippen LogP contribution in [0.15, 0.2) is 30.3 Å². The fourth-order valence-corrected chi connectivity index (χ4v) is 2.35. The third-order valence-corrected chi connectivity index (χ3v) is 3.28. The summed E-state index contributed by atoms with van der Waals surface area (Å²) in [4.78, 5) is 11.3. The summed E-state index contributed by atoms with van der Waals surface area (Å²) in [5.41, 5.74) is 1.07. The minimum Gasteiger partial charge on any atom is -0.410 e. The average molecular weight is 278 g/mol. The van der Waals surface area contributed by atoms with Gasteiger partial charge in [0, 0.05) is 17.5 Å². The van der Waals surface area contributed by atoms with Gasteiger partial charge in [0.25, 0.3) is 0 Å². The zero-order chi connectivity index (χ0) is 14.0. The molecule has 0 heterocycles. The molecule has 0 spiro atoms. The highest BCUT2D eigenvalue weighted by atomic mass is 35.5. The molecule has 4 heteroatoms. The predicted molar refractivity (Wildman–Crippen MR) is 78.1 cm³/mol. The smallest absolute Gasteiger partial charge is 0.410 e. The van der Waals surface area contributed by atoms with Crippen LogP contribution in [0.2, 0.25) is 5.02 Å². The molecule has 3 nitrogen and oxygen atoms in total. The van der Waals surface area contributed by atoms with E-state index < -0.39 is 6.09 Å². The van der Waals surface area contributed by atoms with Crippen molar-refractivity contribution in [1.29, 1.82) is 0 Å². The Bertz CT molecular complexity index is 623. The van der Waals surface area contributed by atoms with Crippen LogP contribution >= 0.6 is 11.6 Å². The van der Waals surface area contributed by atoms with Crippen molar-refractivity contribution in [3.63, 3.8) is 0 Å². The Hall–Kier alpha value is -1.74. The van der Waals surface area contributed by atoms with Gasteiger partial charge in [-0.3, -0.25) is 0 Å². The minimum atomic E-state index is -0.476. The first-order valence-electron chi connectivity index (χ1n) is 6.14. The topological polar surface area (TPSA) is 38.3 Å². The lowest BCUT2D eigenvalue weighted by atomic mass is 9.95. The molecule has 0 aromatic heterocycles. The van der Waals surface area contributed by atoms with Gasteiger partial charge in [-0.1, -0.05) is 37.6 Å². The molecule has 2 rings (SSSR count). The third kappa shape index (κ3) is 2.82. The van der Waals surface area contributed by atoms with Crippen LogP contribution in [0.5, 0.6) is 5.75 Å². The molecule has 0 aliphatic heterocycles. The van der Waals surface area contributed by atoms with Crippen molar-refractivity contribution >= 4 is 28.5 Å². The Kier molecular flexibility index (Phi) is 3.96. The van der Waals surface area contributed by atoms with Crippen LogP contribution in [-0.4, -0.2) is 13.1 Å². The number of ether oxygens (including phenoxy) is 1. The fraction of sp³-hybridized carbons (Fsp3) is 0.267. The largest absolute Gasteiger partial charge is 0.412 e.